The number of para-hydroxylation sites is 1. The number of carbonyl (C=O) groups excluding carboxylic acids is 1. The molecule has 8 nitrogen and oxygen atoms in total. The van der Waals surface area contributed by atoms with Crippen molar-refractivity contribution in [3.8, 4) is 5.75 Å². The number of nitrogens with zero attached hydrogens (tertiary/aromatic N) is 2. The van der Waals surface area contributed by atoms with Gasteiger partial charge in [0, 0.05) is 29.6 Å². The van der Waals surface area contributed by atoms with E-state index in [4.69, 9.17) is 21.7 Å². The number of carbonyl (C=O) groups is 1. The lowest BCUT2D eigenvalue weighted by molar-refractivity contribution is 0.0602. The number of pyridine rings is 1. The first kappa shape index (κ1) is 25.7. The molecule has 2 N–H and O–H groups in total. The maximum Gasteiger partial charge on any atom is 0.339 e. The minimum atomic E-state index is -0.444. The Bertz CT molecular complexity index is 1290. The smallest absolute Gasteiger partial charge is 0.339 e. The zero-order valence-corrected chi connectivity index (χ0v) is 21.5. The fourth-order valence-electron chi connectivity index (χ4n) is 4.40. The topological polar surface area (TPSA) is 86.9 Å². The average molecular weight is 509 g/mol. The molecular weight excluding hydrogens is 476 g/mol. The van der Waals surface area contributed by atoms with Gasteiger partial charge in [-0.3, -0.25) is 4.79 Å². The molecule has 9 heteroatoms. The second-order valence-corrected chi connectivity index (χ2v) is 9.13. The summed E-state index contributed by atoms with van der Waals surface area (Å²) in [6.07, 6.45) is 2.39. The molecule has 4 rings (SSSR count). The number of anilines is 1. The van der Waals surface area contributed by atoms with Gasteiger partial charge in [-0.05, 0) is 81.5 Å². The summed E-state index contributed by atoms with van der Waals surface area (Å²) in [6.45, 7) is 6.44. The number of nitrogens with one attached hydrogen (secondary N) is 2. The van der Waals surface area contributed by atoms with Crippen molar-refractivity contribution in [3.63, 3.8) is 0 Å². The molecule has 0 amide bonds. The first-order chi connectivity index (χ1) is 17.5. The van der Waals surface area contributed by atoms with E-state index in [1.807, 2.05) is 42.2 Å². The van der Waals surface area contributed by atoms with Gasteiger partial charge in [-0.1, -0.05) is 12.1 Å². The van der Waals surface area contributed by atoms with Crippen LogP contribution in [-0.2, 0) is 11.3 Å². The third-order valence-corrected chi connectivity index (χ3v) is 6.67. The third-order valence-electron chi connectivity index (χ3n) is 6.31. The molecule has 0 atom stereocenters. The van der Waals surface area contributed by atoms with Crippen LogP contribution in [0.1, 0.15) is 35.7 Å². The van der Waals surface area contributed by atoms with E-state index in [2.05, 4.69) is 15.2 Å². The molecule has 1 fully saturated rings. The number of H-pyrrole nitrogens is 1. The molecular formula is C27H32N4O4S. The number of hydrogen-bond donors (Lipinski definition) is 2. The van der Waals surface area contributed by atoms with Crippen molar-refractivity contribution in [2.24, 2.45) is 0 Å². The average Bonchev–Trinajstić information content (AvgIpc) is 3.40. The summed E-state index contributed by atoms with van der Waals surface area (Å²) in [4.78, 5) is 32.5. The highest BCUT2D eigenvalue weighted by molar-refractivity contribution is 7.80. The summed E-state index contributed by atoms with van der Waals surface area (Å²) in [7, 11) is 1.35. The Morgan fingerprint density at radius 1 is 1.17 bits per heavy atom. The van der Waals surface area contributed by atoms with E-state index in [0.29, 0.717) is 41.6 Å². The number of esters is 1. The second-order valence-electron chi connectivity index (χ2n) is 8.74. The van der Waals surface area contributed by atoms with Gasteiger partial charge in [0.2, 0.25) is 0 Å². The molecule has 1 aliphatic heterocycles. The molecule has 0 spiro atoms. The molecule has 0 bridgehead atoms. The largest absolute Gasteiger partial charge is 0.494 e. The van der Waals surface area contributed by atoms with Crippen molar-refractivity contribution in [2.75, 3.05) is 45.2 Å². The number of methoxy groups -OCH3 is 1. The molecule has 1 aromatic heterocycles. The molecule has 0 radical (unpaired) electrons. The van der Waals surface area contributed by atoms with E-state index in [-0.39, 0.29) is 5.56 Å². The Labute approximate surface area is 216 Å². The van der Waals surface area contributed by atoms with E-state index >= 15 is 0 Å². The van der Waals surface area contributed by atoms with Gasteiger partial charge in [-0.25, -0.2) is 4.79 Å². The lowest BCUT2D eigenvalue weighted by atomic mass is 10.1. The van der Waals surface area contributed by atoms with Crippen molar-refractivity contribution >= 4 is 39.9 Å². The monoisotopic (exact) mass is 508 g/mol. The van der Waals surface area contributed by atoms with Gasteiger partial charge >= 0.3 is 5.97 Å². The fourth-order valence-corrected chi connectivity index (χ4v) is 4.67. The maximum absolute atomic E-state index is 13.0. The number of benzene rings is 2. The third kappa shape index (κ3) is 6.22. The molecule has 2 heterocycles. The minimum Gasteiger partial charge on any atom is -0.494 e. The fraction of sp³-hybridized carbons (Fsp3) is 0.370. The summed E-state index contributed by atoms with van der Waals surface area (Å²) in [6, 6.07) is 14.6. The Kier molecular flexibility index (Phi) is 8.56. The Hall–Kier alpha value is -3.43. The van der Waals surface area contributed by atoms with Crippen LogP contribution in [0.15, 0.2) is 53.3 Å². The number of aromatic nitrogens is 1. The first-order valence-electron chi connectivity index (χ1n) is 12.2. The van der Waals surface area contributed by atoms with Gasteiger partial charge in [0.25, 0.3) is 5.56 Å². The van der Waals surface area contributed by atoms with E-state index < -0.39 is 5.97 Å². The van der Waals surface area contributed by atoms with Crippen molar-refractivity contribution < 1.29 is 14.3 Å². The highest BCUT2D eigenvalue weighted by atomic mass is 32.1. The van der Waals surface area contributed by atoms with Gasteiger partial charge in [-0.2, -0.15) is 0 Å². The SMILES string of the molecule is CCOc1ccc2[nH]c(=O)c(CN(CCN3CCCC3)C(=S)Nc3ccccc3C(=O)OC)cc2c1. The molecule has 0 aliphatic carbocycles. The van der Waals surface area contributed by atoms with Crippen molar-refractivity contribution in [1.29, 1.82) is 0 Å². The van der Waals surface area contributed by atoms with Gasteiger partial charge < -0.3 is 29.6 Å². The summed E-state index contributed by atoms with van der Waals surface area (Å²) in [5, 5.41) is 4.54. The molecule has 190 valence electrons. The zero-order valence-electron chi connectivity index (χ0n) is 20.7. The van der Waals surface area contributed by atoms with Gasteiger partial charge in [0.15, 0.2) is 5.11 Å². The van der Waals surface area contributed by atoms with Crippen LogP contribution in [0.2, 0.25) is 0 Å². The highest BCUT2D eigenvalue weighted by Crippen LogP contribution is 2.21. The maximum atomic E-state index is 13.0. The molecule has 36 heavy (non-hydrogen) atoms. The summed E-state index contributed by atoms with van der Waals surface area (Å²) < 4.78 is 10.5. The number of ether oxygens (including phenoxy) is 2. The van der Waals surface area contributed by atoms with Gasteiger partial charge in [0.1, 0.15) is 5.75 Å². The number of aromatic amines is 1. The summed E-state index contributed by atoms with van der Waals surface area (Å²) in [5.41, 5.74) is 2.16. The van der Waals surface area contributed by atoms with Gasteiger partial charge in [0.05, 0.1) is 31.5 Å². The Morgan fingerprint density at radius 2 is 1.94 bits per heavy atom. The van der Waals surface area contributed by atoms with Crippen LogP contribution in [0, 0.1) is 0 Å². The van der Waals surface area contributed by atoms with Gasteiger partial charge in [-0.15, -0.1) is 0 Å². The predicted octanol–water partition coefficient (Wildman–Crippen LogP) is 4.01. The van der Waals surface area contributed by atoms with Crippen LogP contribution in [0.25, 0.3) is 10.9 Å². The quantitative estimate of drug-likeness (QED) is 0.331. The highest BCUT2D eigenvalue weighted by Gasteiger charge is 2.19. The number of thiocarbonyl (C=S) groups is 1. The summed E-state index contributed by atoms with van der Waals surface area (Å²) in [5.74, 6) is 0.311. The molecule has 0 unspecified atom stereocenters. The van der Waals surface area contributed by atoms with Crippen molar-refractivity contribution in [2.45, 2.75) is 26.3 Å². The minimum absolute atomic E-state index is 0.157. The van der Waals surface area contributed by atoms with Crippen molar-refractivity contribution in [3.05, 3.63) is 70.0 Å². The number of rotatable bonds is 9. The number of fused-ring (bicyclic) bond motifs is 1. The lowest BCUT2D eigenvalue weighted by Crippen LogP contribution is -2.41. The first-order valence-corrected chi connectivity index (χ1v) is 12.6. The van der Waals surface area contributed by atoms with E-state index in [9.17, 15) is 9.59 Å². The van der Waals surface area contributed by atoms with Crippen LogP contribution in [0.4, 0.5) is 5.69 Å². The van der Waals surface area contributed by atoms with Crippen LogP contribution < -0.4 is 15.6 Å². The second kappa shape index (κ2) is 12.0. The van der Waals surface area contributed by atoms with Crippen LogP contribution in [0.3, 0.4) is 0 Å². The normalized spacial score (nSPS) is 13.5. The van der Waals surface area contributed by atoms with Crippen LogP contribution in [-0.4, -0.2) is 65.8 Å². The van der Waals surface area contributed by atoms with Crippen LogP contribution >= 0.6 is 12.2 Å². The molecule has 1 saturated heterocycles. The molecule has 3 aromatic rings. The van der Waals surface area contributed by atoms with Crippen LogP contribution in [0.5, 0.6) is 5.75 Å². The predicted molar refractivity (Wildman–Crippen MR) is 146 cm³/mol. The Morgan fingerprint density at radius 3 is 2.69 bits per heavy atom. The van der Waals surface area contributed by atoms with E-state index in [1.165, 1.54) is 20.0 Å². The zero-order chi connectivity index (χ0) is 25.5. The number of hydrogen-bond acceptors (Lipinski definition) is 6. The molecule has 2 aromatic carbocycles. The Balaban J connectivity index is 1.60. The van der Waals surface area contributed by atoms with E-state index in [1.54, 1.807) is 18.2 Å². The standard InChI is InChI=1S/C27H32N4O4S/c1-3-35-21-10-11-23-19(17-21)16-20(25(32)28-23)18-31(15-14-30-12-6-7-13-30)27(36)29-24-9-5-4-8-22(24)26(33)34-2/h4-5,8-11,16-17H,3,6-7,12-15,18H2,1-2H3,(H,28,32)(H,29,36). The molecule has 0 saturated carbocycles. The summed E-state index contributed by atoms with van der Waals surface area (Å²) >= 11 is 5.79. The molecule has 1 aliphatic rings. The van der Waals surface area contributed by atoms with Crippen molar-refractivity contribution in [1.82, 2.24) is 14.8 Å². The lowest BCUT2D eigenvalue weighted by Gasteiger charge is -2.28. The number of likely N-dealkylation sites (tertiary alicyclic amines) is 1. The van der Waals surface area contributed by atoms with E-state index in [0.717, 1.165) is 36.3 Å².